The molecule has 2 rings (SSSR count). The molecule has 0 amide bonds. The Kier molecular flexibility index (Phi) is 13.0. The molecule has 0 aliphatic heterocycles. The van der Waals surface area contributed by atoms with Crippen molar-refractivity contribution >= 4 is 23.0 Å². The van der Waals surface area contributed by atoms with Gasteiger partial charge in [0.15, 0.2) is 0 Å². The van der Waals surface area contributed by atoms with Crippen LogP contribution in [0.3, 0.4) is 0 Å². The minimum atomic E-state index is -0.303. The molecule has 1 aromatic carbocycles. The number of anilines is 1. The smallest absolute Gasteiger partial charge is 0.123 e. The van der Waals surface area contributed by atoms with Gasteiger partial charge in [-0.3, -0.25) is 0 Å². The number of benzene rings is 1. The van der Waals surface area contributed by atoms with Gasteiger partial charge in [0, 0.05) is 33.9 Å². The van der Waals surface area contributed by atoms with Gasteiger partial charge in [0.2, 0.25) is 0 Å². The number of nitrogens with zero attached hydrogens (tertiary/aromatic N) is 1. The molecule has 0 radical (unpaired) electrons. The molecule has 2 aromatic rings. The highest BCUT2D eigenvalue weighted by Crippen LogP contribution is 2.28. The Labute approximate surface area is 188 Å². The summed E-state index contributed by atoms with van der Waals surface area (Å²) in [5.74, 6) is -0.303. The van der Waals surface area contributed by atoms with Gasteiger partial charge in [-0.1, -0.05) is 20.4 Å². The standard InChI is InChI=1S/C17H20FN3.C7H17N.C2H4/c1-9(14-8-13(18)5-6-15(14)20)7-16-10(2)17(11(3)19)12(4)21-16;1-4-6-8(3)7-5-2;1-2/h5-8,21H,3,19-20H2,1-2,4H3;4-7H2,1-3H3;1-2H2/b9-7+;;. The number of aromatic nitrogens is 1. The summed E-state index contributed by atoms with van der Waals surface area (Å²) in [6.07, 6.45) is 4.49. The van der Waals surface area contributed by atoms with Crippen molar-refractivity contribution < 1.29 is 4.39 Å². The predicted molar refractivity (Wildman–Crippen MR) is 137 cm³/mol. The van der Waals surface area contributed by atoms with E-state index in [1.165, 1.54) is 38.1 Å². The lowest BCUT2D eigenvalue weighted by molar-refractivity contribution is 0.335. The zero-order valence-electron chi connectivity index (χ0n) is 20.2. The van der Waals surface area contributed by atoms with Crippen LogP contribution >= 0.6 is 0 Å². The van der Waals surface area contributed by atoms with Crippen LogP contribution in [-0.4, -0.2) is 30.0 Å². The Bertz CT molecular complexity index is 859. The monoisotopic (exact) mass is 428 g/mol. The van der Waals surface area contributed by atoms with Gasteiger partial charge in [0.05, 0.1) is 0 Å². The SMILES string of the molecule is C=C.C=C(N)c1c(C)[nH]c(/C=C(\C)c2cc(F)ccc2N)c1C.CCCN(C)CCC. The van der Waals surface area contributed by atoms with Gasteiger partial charge in [0.25, 0.3) is 0 Å². The molecule has 0 aliphatic carbocycles. The molecule has 0 atom stereocenters. The summed E-state index contributed by atoms with van der Waals surface area (Å²) in [7, 11) is 2.17. The van der Waals surface area contributed by atoms with Gasteiger partial charge in [-0.25, -0.2) is 4.39 Å². The van der Waals surface area contributed by atoms with E-state index in [4.69, 9.17) is 11.5 Å². The quantitative estimate of drug-likeness (QED) is 0.354. The molecule has 1 heterocycles. The molecular formula is C26H41FN4. The maximum atomic E-state index is 13.4. The third-order valence-corrected chi connectivity index (χ3v) is 4.81. The van der Waals surface area contributed by atoms with Crippen molar-refractivity contribution in [1.29, 1.82) is 0 Å². The van der Waals surface area contributed by atoms with Crippen molar-refractivity contribution in [3.05, 3.63) is 71.8 Å². The third-order valence-electron chi connectivity index (χ3n) is 4.81. The number of nitrogen functional groups attached to an aromatic ring is 1. The van der Waals surface area contributed by atoms with Gasteiger partial charge in [-0.15, -0.1) is 13.2 Å². The van der Waals surface area contributed by atoms with E-state index in [2.05, 4.69) is 50.5 Å². The number of rotatable bonds is 7. The minimum absolute atomic E-state index is 0.303. The number of aromatic amines is 1. The lowest BCUT2D eigenvalue weighted by Crippen LogP contribution is -2.19. The van der Waals surface area contributed by atoms with Crippen molar-refractivity contribution in [2.75, 3.05) is 25.9 Å². The van der Waals surface area contributed by atoms with Crippen molar-refractivity contribution in [3.63, 3.8) is 0 Å². The fourth-order valence-corrected chi connectivity index (χ4v) is 3.44. The Morgan fingerprint density at radius 1 is 1.16 bits per heavy atom. The first-order chi connectivity index (χ1) is 14.6. The minimum Gasteiger partial charge on any atom is -0.399 e. The highest BCUT2D eigenvalue weighted by atomic mass is 19.1. The molecule has 0 aliphatic rings. The van der Waals surface area contributed by atoms with Crippen molar-refractivity contribution in [1.82, 2.24) is 9.88 Å². The first kappa shape index (κ1) is 28.2. The molecule has 172 valence electrons. The van der Waals surface area contributed by atoms with Gasteiger partial charge >= 0.3 is 0 Å². The van der Waals surface area contributed by atoms with Crippen LogP contribution in [0.25, 0.3) is 17.3 Å². The van der Waals surface area contributed by atoms with Crippen molar-refractivity contribution in [2.45, 2.75) is 47.5 Å². The summed E-state index contributed by atoms with van der Waals surface area (Å²) >= 11 is 0. The maximum absolute atomic E-state index is 13.4. The average molecular weight is 429 g/mol. The summed E-state index contributed by atoms with van der Waals surface area (Å²) in [5.41, 5.74) is 18.2. The largest absolute Gasteiger partial charge is 0.399 e. The molecule has 4 nitrogen and oxygen atoms in total. The van der Waals surface area contributed by atoms with Gasteiger partial charge < -0.3 is 21.4 Å². The van der Waals surface area contributed by atoms with E-state index in [1.54, 1.807) is 6.07 Å². The Morgan fingerprint density at radius 2 is 1.71 bits per heavy atom. The average Bonchev–Trinajstić information content (AvgIpc) is 2.99. The summed E-state index contributed by atoms with van der Waals surface area (Å²) in [5, 5.41) is 0. The van der Waals surface area contributed by atoms with E-state index in [0.29, 0.717) is 16.9 Å². The first-order valence-corrected chi connectivity index (χ1v) is 10.7. The van der Waals surface area contributed by atoms with Crippen LogP contribution in [0.15, 0.2) is 37.9 Å². The molecule has 5 N–H and O–H groups in total. The number of nitrogens with one attached hydrogen (secondary N) is 1. The molecule has 0 spiro atoms. The fraction of sp³-hybridized carbons (Fsp3) is 0.385. The second-order valence-corrected chi connectivity index (χ2v) is 7.55. The normalized spacial score (nSPS) is 10.8. The van der Waals surface area contributed by atoms with E-state index in [1.807, 2.05) is 26.8 Å². The molecule has 5 heteroatoms. The van der Waals surface area contributed by atoms with E-state index in [-0.39, 0.29) is 5.82 Å². The molecule has 0 unspecified atom stereocenters. The number of allylic oxidation sites excluding steroid dienone is 1. The maximum Gasteiger partial charge on any atom is 0.123 e. The van der Waals surface area contributed by atoms with Crippen LogP contribution in [0, 0.1) is 19.7 Å². The molecule has 0 fully saturated rings. The zero-order valence-corrected chi connectivity index (χ0v) is 20.2. The van der Waals surface area contributed by atoms with Crippen LogP contribution < -0.4 is 11.5 Å². The Balaban J connectivity index is 0.000000762. The van der Waals surface area contributed by atoms with Gasteiger partial charge in [-0.05, 0) is 89.2 Å². The lowest BCUT2D eigenvalue weighted by Gasteiger charge is -2.12. The number of hydrogen-bond acceptors (Lipinski definition) is 3. The van der Waals surface area contributed by atoms with Crippen LogP contribution in [0.1, 0.15) is 61.7 Å². The predicted octanol–water partition coefficient (Wildman–Crippen LogP) is 6.38. The number of halogens is 1. The number of aryl methyl sites for hydroxylation is 1. The molecular weight excluding hydrogens is 387 g/mol. The van der Waals surface area contributed by atoms with Crippen molar-refractivity contribution in [3.8, 4) is 0 Å². The zero-order chi connectivity index (χ0) is 24.1. The van der Waals surface area contributed by atoms with Gasteiger partial charge in [-0.2, -0.15) is 0 Å². The summed E-state index contributed by atoms with van der Waals surface area (Å²) in [6.45, 7) is 22.5. The van der Waals surface area contributed by atoms with Gasteiger partial charge in [0.1, 0.15) is 5.82 Å². The van der Waals surface area contributed by atoms with Crippen LogP contribution in [0.4, 0.5) is 10.1 Å². The summed E-state index contributed by atoms with van der Waals surface area (Å²) < 4.78 is 13.4. The van der Waals surface area contributed by atoms with Crippen LogP contribution in [0.2, 0.25) is 0 Å². The fourth-order valence-electron chi connectivity index (χ4n) is 3.44. The van der Waals surface area contributed by atoms with E-state index < -0.39 is 0 Å². The first-order valence-electron chi connectivity index (χ1n) is 10.7. The highest BCUT2D eigenvalue weighted by Gasteiger charge is 2.12. The Morgan fingerprint density at radius 3 is 2.16 bits per heavy atom. The third kappa shape index (κ3) is 8.85. The second kappa shape index (κ2) is 14.3. The molecule has 0 bridgehead atoms. The van der Waals surface area contributed by atoms with E-state index in [9.17, 15) is 4.39 Å². The Hall–Kier alpha value is -2.79. The summed E-state index contributed by atoms with van der Waals surface area (Å²) in [6, 6.07) is 4.36. The highest BCUT2D eigenvalue weighted by molar-refractivity contribution is 5.86. The molecule has 31 heavy (non-hydrogen) atoms. The van der Waals surface area contributed by atoms with Crippen LogP contribution in [0.5, 0.6) is 0 Å². The van der Waals surface area contributed by atoms with E-state index in [0.717, 1.165) is 28.1 Å². The molecule has 0 saturated carbocycles. The lowest BCUT2D eigenvalue weighted by atomic mass is 10.0. The number of hydrogen-bond donors (Lipinski definition) is 3. The van der Waals surface area contributed by atoms with Crippen molar-refractivity contribution in [2.24, 2.45) is 5.73 Å². The number of nitrogens with two attached hydrogens (primary N) is 2. The van der Waals surface area contributed by atoms with E-state index >= 15 is 0 Å². The number of H-pyrrole nitrogens is 1. The summed E-state index contributed by atoms with van der Waals surface area (Å²) in [4.78, 5) is 5.64. The topological polar surface area (TPSA) is 71.1 Å². The molecule has 0 saturated heterocycles. The molecule has 1 aromatic heterocycles. The van der Waals surface area contributed by atoms with Crippen LogP contribution in [-0.2, 0) is 0 Å². The second-order valence-electron chi connectivity index (χ2n) is 7.55.